The molecule has 0 amide bonds. The van der Waals surface area contributed by atoms with E-state index in [-0.39, 0.29) is 0 Å². The van der Waals surface area contributed by atoms with Gasteiger partial charge in [-0.3, -0.25) is 4.40 Å². The van der Waals surface area contributed by atoms with Gasteiger partial charge in [0.05, 0.1) is 0 Å². The minimum absolute atomic E-state index is 0.651. The van der Waals surface area contributed by atoms with Crippen molar-refractivity contribution in [1.82, 2.24) is 29.5 Å². The van der Waals surface area contributed by atoms with Crippen LogP contribution in [0.25, 0.3) is 5.65 Å². The number of aromatic nitrogens is 6. The Morgan fingerprint density at radius 1 is 1.00 bits per heavy atom. The van der Waals surface area contributed by atoms with E-state index in [1.807, 2.05) is 12.4 Å². The summed E-state index contributed by atoms with van der Waals surface area (Å²) in [5, 5.41) is 8.69. The first kappa shape index (κ1) is 16.4. The molecule has 1 aliphatic carbocycles. The van der Waals surface area contributed by atoms with E-state index in [0.29, 0.717) is 5.92 Å². The molecule has 0 unspecified atom stereocenters. The molecule has 0 spiro atoms. The summed E-state index contributed by atoms with van der Waals surface area (Å²) in [6, 6.07) is 2.18. The first-order valence-electron chi connectivity index (χ1n) is 9.84. The maximum absolute atomic E-state index is 4.62. The average molecular weight is 364 g/mol. The SMILES string of the molecule is CCc1nnc2c(N3CCCN(c4cc(C5CC5)ncn4)CC3)nccn12. The highest BCUT2D eigenvalue weighted by molar-refractivity contribution is 5.64. The van der Waals surface area contributed by atoms with E-state index >= 15 is 0 Å². The zero-order valence-corrected chi connectivity index (χ0v) is 15.6. The zero-order chi connectivity index (χ0) is 18.2. The van der Waals surface area contributed by atoms with Gasteiger partial charge in [-0.05, 0) is 19.3 Å². The molecule has 3 aromatic heterocycles. The van der Waals surface area contributed by atoms with Crippen LogP contribution in [-0.4, -0.2) is 55.7 Å². The summed E-state index contributed by atoms with van der Waals surface area (Å²) in [6.45, 7) is 5.85. The lowest BCUT2D eigenvalue weighted by Crippen LogP contribution is -2.32. The van der Waals surface area contributed by atoms with Crippen molar-refractivity contribution in [2.45, 2.75) is 38.5 Å². The second-order valence-corrected chi connectivity index (χ2v) is 7.32. The number of rotatable bonds is 4. The van der Waals surface area contributed by atoms with E-state index in [1.165, 1.54) is 18.5 Å². The van der Waals surface area contributed by atoms with Gasteiger partial charge in [0, 0.05) is 62.7 Å². The fourth-order valence-corrected chi connectivity index (χ4v) is 3.82. The lowest BCUT2D eigenvalue weighted by atomic mass is 10.2. The largest absolute Gasteiger partial charge is 0.355 e. The van der Waals surface area contributed by atoms with Crippen molar-refractivity contribution >= 4 is 17.3 Å². The maximum atomic E-state index is 4.62. The molecule has 5 rings (SSSR count). The number of nitrogens with zero attached hydrogens (tertiary/aromatic N) is 8. The van der Waals surface area contributed by atoms with Crippen molar-refractivity contribution in [2.75, 3.05) is 36.0 Å². The topological polar surface area (TPSA) is 75.3 Å². The Morgan fingerprint density at radius 2 is 1.85 bits per heavy atom. The van der Waals surface area contributed by atoms with Crippen LogP contribution in [0.3, 0.4) is 0 Å². The summed E-state index contributed by atoms with van der Waals surface area (Å²) < 4.78 is 2.05. The Hall–Kier alpha value is -2.77. The van der Waals surface area contributed by atoms with Crippen LogP contribution in [0.4, 0.5) is 11.6 Å². The van der Waals surface area contributed by atoms with Gasteiger partial charge in [-0.25, -0.2) is 15.0 Å². The lowest BCUT2D eigenvalue weighted by Gasteiger charge is -2.23. The molecular weight excluding hydrogens is 340 g/mol. The molecule has 8 nitrogen and oxygen atoms in total. The van der Waals surface area contributed by atoms with Gasteiger partial charge < -0.3 is 9.80 Å². The van der Waals surface area contributed by atoms with Gasteiger partial charge >= 0.3 is 0 Å². The molecule has 140 valence electrons. The number of hydrogen-bond donors (Lipinski definition) is 0. The third-order valence-electron chi connectivity index (χ3n) is 5.48. The standard InChI is InChI=1S/C19H24N8/c1-2-16-23-24-19-18(20-6-9-27(16)19)26-8-3-7-25(10-11-26)17-12-15(14-4-5-14)21-13-22-17/h6,9,12-14H,2-5,7-8,10-11H2,1H3. The van der Waals surface area contributed by atoms with Gasteiger partial charge in [0.25, 0.3) is 0 Å². The van der Waals surface area contributed by atoms with Crippen LogP contribution in [-0.2, 0) is 6.42 Å². The number of anilines is 2. The minimum atomic E-state index is 0.651. The van der Waals surface area contributed by atoms with Crippen LogP contribution in [0.15, 0.2) is 24.8 Å². The first-order valence-corrected chi connectivity index (χ1v) is 9.84. The van der Waals surface area contributed by atoms with Crippen molar-refractivity contribution in [3.8, 4) is 0 Å². The smallest absolute Gasteiger partial charge is 0.203 e. The third-order valence-corrected chi connectivity index (χ3v) is 5.48. The Bertz CT molecular complexity index is 948. The van der Waals surface area contributed by atoms with Crippen molar-refractivity contribution in [2.24, 2.45) is 0 Å². The third kappa shape index (κ3) is 3.09. The van der Waals surface area contributed by atoms with Gasteiger partial charge in [0.15, 0.2) is 5.82 Å². The second-order valence-electron chi connectivity index (χ2n) is 7.32. The van der Waals surface area contributed by atoms with Gasteiger partial charge in [-0.2, -0.15) is 0 Å². The maximum Gasteiger partial charge on any atom is 0.203 e. The molecule has 2 fully saturated rings. The molecule has 1 saturated carbocycles. The van der Waals surface area contributed by atoms with E-state index in [9.17, 15) is 0 Å². The quantitative estimate of drug-likeness (QED) is 0.701. The molecular formula is C19H24N8. The van der Waals surface area contributed by atoms with E-state index in [4.69, 9.17) is 0 Å². The second kappa shape index (κ2) is 6.75. The average Bonchev–Trinajstić information content (AvgIpc) is 3.51. The number of fused-ring (bicyclic) bond motifs is 1. The van der Waals surface area contributed by atoms with Crippen molar-refractivity contribution in [1.29, 1.82) is 0 Å². The predicted molar refractivity (Wildman–Crippen MR) is 103 cm³/mol. The minimum Gasteiger partial charge on any atom is -0.355 e. The van der Waals surface area contributed by atoms with E-state index in [2.05, 4.69) is 52.3 Å². The fraction of sp³-hybridized carbons (Fsp3) is 0.526. The highest BCUT2D eigenvalue weighted by Crippen LogP contribution is 2.39. The predicted octanol–water partition coefficient (Wildman–Crippen LogP) is 2.07. The van der Waals surface area contributed by atoms with Crippen LogP contribution in [0.5, 0.6) is 0 Å². The Labute approximate surface area is 158 Å². The molecule has 3 aromatic rings. The molecule has 4 heterocycles. The van der Waals surface area contributed by atoms with Gasteiger partial charge in [0.1, 0.15) is 18.0 Å². The van der Waals surface area contributed by atoms with Crippen molar-refractivity contribution < 1.29 is 0 Å². The zero-order valence-electron chi connectivity index (χ0n) is 15.6. The normalized spacial score (nSPS) is 18.1. The summed E-state index contributed by atoms with van der Waals surface area (Å²) >= 11 is 0. The van der Waals surface area contributed by atoms with Crippen LogP contribution in [0, 0.1) is 0 Å². The van der Waals surface area contributed by atoms with Crippen LogP contribution >= 0.6 is 0 Å². The van der Waals surface area contributed by atoms with Crippen molar-refractivity contribution in [3.63, 3.8) is 0 Å². The van der Waals surface area contributed by atoms with Gasteiger partial charge in [-0.1, -0.05) is 6.92 Å². The summed E-state index contributed by atoms with van der Waals surface area (Å²) in [5.41, 5.74) is 2.05. The fourth-order valence-electron chi connectivity index (χ4n) is 3.82. The van der Waals surface area contributed by atoms with E-state index < -0.39 is 0 Å². The highest BCUT2D eigenvalue weighted by atomic mass is 15.3. The molecule has 0 aromatic carbocycles. The molecule has 8 heteroatoms. The van der Waals surface area contributed by atoms with E-state index in [0.717, 1.165) is 62.1 Å². The van der Waals surface area contributed by atoms with E-state index in [1.54, 1.807) is 6.33 Å². The van der Waals surface area contributed by atoms with Crippen LogP contribution in [0.2, 0.25) is 0 Å². The monoisotopic (exact) mass is 364 g/mol. The summed E-state index contributed by atoms with van der Waals surface area (Å²) in [6.07, 6.45) is 9.95. The first-order chi connectivity index (χ1) is 13.3. The number of aryl methyl sites for hydroxylation is 1. The molecule has 1 saturated heterocycles. The van der Waals surface area contributed by atoms with Crippen LogP contribution < -0.4 is 9.80 Å². The summed E-state index contributed by atoms with van der Waals surface area (Å²) in [5.74, 6) is 3.60. The van der Waals surface area contributed by atoms with Gasteiger partial charge in [0.2, 0.25) is 5.65 Å². The molecule has 0 bridgehead atoms. The Balaban J connectivity index is 1.37. The highest BCUT2D eigenvalue weighted by Gasteiger charge is 2.26. The van der Waals surface area contributed by atoms with Crippen molar-refractivity contribution in [3.05, 3.63) is 36.3 Å². The lowest BCUT2D eigenvalue weighted by molar-refractivity contribution is 0.789. The Morgan fingerprint density at radius 3 is 2.70 bits per heavy atom. The number of hydrogen-bond acceptors (Lipinski definition) is 7. The molecule has 0 radical (unpaired) electrons. The Kier molecular flexibility index (Phi) is 4.10. The van der Waals surface area contributed by atoms with Gasteiger partial charge in [-0.15, -0.1) is 10.2 Å². The molecule has 27 heavy (non-hydrogen) atoms. The summed E-state index contributed by atoms with van der Waals surface area (Å²) in [7, 11) is 0. The molecule has 0 N–H and O–H groups in total. The molecule has 0 atom stereocenters. The van der Waals surface area contributed by atoms with Crippen LogP contribution in [0.1, 0.15) is 43.6 Å². The molecule has 1 aliphatic heterocycles. The summed E-state index contributed by atoms with van der Waals surface area (Å²) in [4.78, 5) is 18.3. The molecule has 2 aliphatic rings.